The minimum Gasteiger partial charge on any atom is -0.353 e. The maximum atomic E-state index is 12.8. The van der Waals surface area contributed by atoms with E-state index in [0.717, 1.165) is 57.2 Å². The molecule has 0 atom stereocenters. The van der Waals surface area contributed by atoms with E-state index < -0.39 is 0 Å². The average Bonchev–Trinajstić information content (AvgIpc) is 2.88. The van der Waals surface area contributed by atoms with Crippen molar-refractivity contribution in [3.05, 3.63) is 53.2 Å². The number of hydrogen-bond acceptors (Lipinski definition) is 5. The fraction of sp³-hybridized carbons (Fsp3) is 0.450. The lowest BCUT2D eigenvalue weighted by atomic mass is 10.1. The van der Waals surface area contributed by atoms with Crippen molar-refractivity contribution >= 4 is 11.7 Å². The third kappa shape index (κ3) is 3.70. The van der Waals surface area contributed by atoms with E-state index in [9.17, 15) is 4.79 Å². The number of aryl methyl sites for hydroxylation is 1. The number of carbonyl (C=O) groups excluding carboxylic acids is 1. The summed E-state index contributed by atoms with van der Waals surface area (Å²) < 4.78 is 0. The smallest absolute Gasteiger partial charge is 0.236 e. The van der Waals surface area contributed by atoms with Gasteiger partial charge in [-0.15, -0.1) is 5.10 Å². The Morgan fingerprint density at radius 2 is 1.73 bits per heavy atom. The van der Waals surface area contributed by atoms with Crippen LogP contribution in [0.2, 0.25) is 0 Å². The Bertz CT molecular complexity index is 751. The van der Waals surface area contributed by atoms with Crippen molar-refractivity contribution in [3.63, 3.8) is 0 Å². The molecule has 1 amide bonds. The number of rotatable bonds is 3. The zero-order chi connectivity index (χ0) is 17.9. The number of carbonyl (C=O) groups is 1. The van der Waals surface area contributed by atoms with E-state index in [0.29, 0.717) is 6.54 Å². The Morgan fingerprint density at radius 3 is 2.42 bits per heavy atom. The van der Waals surface area contributed by atoms with Crippen LogP contribution in [-0.4, -0.2) is 58.6 Å². The number of anilines is 1. The number of hydrogen-bond donors (Lipinski definition) is 0. The minimum absolute atomic E-state index is 0.231. The van der Waals surface area contributed by atoms with Gasteiger partial charge in [-0.3, -0.25) is 9.69 Å². The van der Waals surface area contributed by atoms with Crippen LogP contribution >= 0.6 is 0 Å². The summed E-state index contributed by atoms with van der Waals surface area (Å²) in [5.74, 6) is 1.13. The summed E-state index contributed by atoms with van der Waals surface area (Å²) in [5.41, 5.74) is 3.62. The van der Waals surface area contributed by atoms with Crippen LogP contribution in [0.25, 0.3) is 0 Å². The van der Waals surface area contributed by atoms with Gasteiger partial charge in [0.2, 0.25) is 5.91 Å². The Morgan fingerprint density at radius 1 is 0.962 bits per heavy atom. The number of nitrogens with zero attached hydrogens (tertiary/aromatic N) is 5. The topological polar surface area (TPSA) is 52.6 Å². The second kappa shape index (κ2) is 7.41. The van der Waals surface area contributed by atoms with Gasteiger partial charge in [0.25, 0.3) is 0 Å². The quantitative estimate of drug-likeness (QED) is 0.845. The van der Waals surface area contributed by atoms with Crippen LogP contribution in [0.1, 0.15) is 23.2 Å². The van der Waals surface area contributed by atoms with Crippen molar-refractivity contribution in [1.29, 1.82) is 0 Å². The van der Waals surface area contributed by atoms with Crippen molar-refractivity contribution in [2.75, 3.05) is 37.6 Å². The lowest BCUT2D eigenvalue weighted by Gasteiger charge is -2.24. The Balaban J connectivity index is 1.33. The maximum Gasteiger partial charge on any atom is 0.236 e. The van der Waals surface area contributed by atoms with E-state index in [-0.39, 0.29) is 5.91 Å². The van der Waals surface area contributed by atoms with Crippen molar-refractivity contribution in [3.8, 4) is 0 Å². The molecule has 0 spiro atoms. The molecular weight excluding hydrogens is 326 g/mol. The van der Waals surface area contributed by atoms with Crippen LogP contribution in [-0.2, 0) is 17.9 Å². The van der Waals surface area contributed by atoms with E-state index >= 15 is 0 Å². The lowest BCUT2D eigenvalue weighted by Crippen LogP contribution is -2.40. The standard InChI is InChI=1S/C20H25N5O/c1-16-7-8-19(22-21-16)24-9-4-10-25(12-11-24)20(26)15-23-13-17-5-2-3-6-18(17)14-23/h2-3,5-8H,4,9-15H2,1H3. The van der Waals surface area contributed by atoms with Gasteiger partial charge < -0.3 is 9.80 Å². The molecule has 2 aromatic rings. The van der Waals surface area contributed by atoms with Crippen LogP contribution in [0.5, 0.6) is 0 Å². The molecule has 0 radical (unpaired) electrons. The van der Waals surface area contributed by atoms with Gasteiger partial charge in [0.15, 0.2) is 5.82 Å². The molecule has 1 aromatic carbocycles. The first-order valence-corrected chi connectivity index (χ1v) is 9.31. The summed E-state index contributed by atoms with van der Waals surface area (Å²) in [4.78, 5) is 19.3. The van der Waals surface area contributed by atoms with Crippen molar-refractivity contribution < 1.29 is 4.79 Å². The van der Waals surface area contributed by atoms with Crippen molar-refractivity contribution in [2.24, 2.45) is 0 Å². The molecule has 2 aliphatic heterocycles. The SMILES string of the molecule is Cc1ccc(N2CCCN(C(=O)CN3Cc4ccccc4C3)CC2)nn1. The monoisotopic (exact) mass is 351 g/mol. The Kier molecular flexibility index (Phi) is 4.84. The highest BCUT2D eigenvalue weighted by atomic mass is 16.2. The van der Waals surface area contributed by atoms with Gasteiger partial charge in [-0.05, 0) is 36.6 Å². The lowest BCUT2D eigenvalue weighted by molar-refractivity contribution is -0.132. The molecule has 3 heterocycles. The molecule has 2 aliphatic rings. The zero-order valence-electron chi connectivity index (χ0n) is 15.3. The minimum atomic E-state index is 0.231. The second-order valence-corrected chi connectivity index (χ2v) is 7.17. The summed E-state index contributed by atoms with van der Waals surface area (Å²) >= 11 is 0. The van der Waals surface area contributed by atoms with Crippen molar-refractivity contribution in [2.45, 2.75) is 26.4 Å². The molecule has 0 N–H and O–H groups in total. The van der Waals surface area contributed by atoms with Gasteiger partial charge in [-0.1, -0.05) is 24.3 Å². The van der Waals surface area contributed by atoms with E-state index in [1.165, 1.54) is 11.1 Å². The summed E-state index contributed by atoms with van der Waals surface area (Å²) in [6.45, 7) is 7.47. The molecule has 4 rings (SSSR count). The van der Waals surface area contributed by atoms with E-state index in [2.05, 4.69) is 44.3 Å². The summed E-state index contributed by atoms with van der Waals surface area (Å²) in [6, 6.07) is 12.5. The molecular formula is C20H25N5O. The van der Waals surface area contributed by atoms with Gasteiger partial charge in [0, 0.05) is 39.3 Å². The normalized spacial score (nSPS) is 17.9. The number of amides is 1. The van der Waals surface area contributed by atoms with Crippen LogP contribution in [0.3, 0.4) is 0 Å². The highest BCUT2D eigenvalue weighted by Gasteiger charge is 2.25. The number of benzene rings is 1. The Hall–Kier alpha value is -2.47. The number of aromatic nitrogens is 2. The van der Waals surface area contributed by atoms with E-state index in [1.54, 1.807) is 0 Å². The van der Waals surface area contributed by atoms with Gasteiger partial charge in [-0.25, -0.2) is 0 Å². The number of fused-ring (bicyclic) bond motifs is 1. The molecule has 1 fully saturated rings. The van der Waals surface area contributed by atoms with Crippen molar-refractivity contribution in [1.82, 2.24) is 20.0 Å². The van der Waals surface area contributed by atoms with E-state index in [1.807, 2.05) is 24.0 Å². The molecule has 0 unspecified atom stereocenters. The molecule has 6 heteroatoms. The third-order valence-electron chi connectivity index (χ3n) is 5.22. The predicted octanol–water partition coefficient (Wildman–Crippen LogP) is 1.84. The third-order valence-corrected chi connectivity index (χ3v) is 5.22. The molecule has 136 valence electrons. The first kappa shape index (κ1) is 17.0. The van der Waals surface area contributed by atoms with Gasteiger partial charge >= 0.3 is 0 Å². The van der Waals surface area contributed by atoms with Gasteiger partial charge in [0.05, 0.1) is 12.2 Å². The first-order chi connectivity index (χ1) is 12.7. The molecule has 1 saturated heterocycles. The summed E-state index contributed by atoms with van der Waals surface area (Å²) in [6.07, 6.45) is 0.960. The molecule has 1 aromatic heterocycles. The average molecular weight is 351 g/mol. The van der Waals surface area contributed by atoms with Crippen LogP contribution in [0, 0.1) is 6.92 Å². The van der Waals surface area contributed by atoms with Gasteiger partial charge in [0.1, 0.15) is 0 Å². The zero-order valence-corrected chi connectivity index (χ0v) is 15.3. The van der Waals surface area contributed by atoms with Crippen LogP contribution < -0.4 is 4.90 Å². The largest absolute Gasteiger partial charge is 0.353 e. The molecule has 26 heavy (non-hydrogen) atoms. The highest BCUT2D eigenvalue weighted by Crippen LogP contribution is 2.22. The van der Waals surface area contributed by atoms with Crippen LogP contribution in [0.4, 0.5) is 5.82 Å². The highest BCUT2D eigenvalue weighted by molar-refractivity contribution is 5.78. The fourth-order valence-corrected chi connectivity index (χ4v) is 3.76. The predicted molar refractivity (Wildman–Crippen MR) is 101 cm³/mol. The van der Waals surface area contributed by atoms with E-state index in [4.69, 9.17) is 0 Å². The molecule has 6 nitrogen and oxygen atoms in total. The van der Waals surface area contributed by atoms with Gasteiger partial charge in [-0.2, -0.15) is 5.10 Å². The maximum absolute atomic E-state index is 12.8. The second-order valence-electron chi connectivity index (χ2n) is 7.17. The molecule has 0 saturated carbocycles. The first-order valence-electron chi connectivity index (χ1n) is 9.31. The Labute approximate surface area is 154 Å². The summed E-state index contributed by atoms with van der Waals surface area (Å²) in [5, 5.41) is 8.43. The van der Waals surface area contributed by atoms with Crippen LogP contribution in [0.15, 0.2) is 36.4 Å². The molecule has 0 bridgehead atoms. The fourth-order valence-electron chi connectivity index (χ4n) is 3.76. The molecule has 0 aliphatic carbocycles. The summed E-state index contributed by atoms with van der Waals surface area (Å²) in [7, 11) is 0.